The Kier molecular flexibility index (Phi) is 5.89. The summed E-state index contributed by atoms with van der Waals surface area (Å²) in [6, 6.07) is 17.4. The normalized spacial score (nSPS) is 16.7. The summed E-state index contributed by atoms with van der Waals surface area (Å²) in [7, 11) is 0. The highest BCUT2D eigenvalue weighted by Gasteiger charge is 2.35. The summed E-state index contributed by atoms with van der Waals surface area (Å²) in [6.45, 7) is 8.95. The van der Waals surface area contributed by atoms with E-state index in [1.165, 1.54) is 5.56 Å². The van der Waals surface area contributed by atoms with Crippen molar-refractivity contribution in [2.24, 2.45) is 5.92 Å². The van der Waals surface area contributed by atoms with Crippen LogP contribution in [0.2, 0.25) is 0 Å². The van der Waals surface area contributed by atoms with Gasteiger partial charge >= 0.3 is 6.03 Å². The number of hydrogen-bond donors (Lipinski definition) is 1. The van der Waals surface area contributed by atoms with Crippen LogP contribution in [0, 0.1) is 12.8 Å². The van der Waals surface area contributed by atoms with E-state index in [4.69, 9.17) is 9.51 Å². The third kappa shape index (κ3) is 4.38. The van der Waals surface area contributed by atoms with Crippen LogP contribution in [-0.4, -0.2) is 27.6 Å². The summed E-state index contributed by atoms with van der Waals surface area (Å²) in [6.07, 6.45) is 0.909. The number of carbonyl (C=O) groups is 1. The summed E-state index contributed by atoms with van der Waals surface area (Å²) in [5.41, 5.74) is 4.72. The second-order valence-electron chi connectivity index (χ2n) is 8.42. The van der Waals surface area contributed by atoms with Gasteiger partial charge in [-0.05, 0) is 31.7 Å². The molecule has 3 aromatic rings. The maximum atomic E-state index is 13.0. The molecule has 0 spiro atoms. The largest absolute Gasteiger partial charge is 0.334 e. The SMILES string of the molecule is CC1=C(c2nc(-c3ccc(C)cc3)no2)C(c2ccccc2)NC(=O)N1CCC(C)C. The number of urea groups is 1. The highest BCUT2D eigenvalue weighted by molar-refractivity contribution is 5.86. The standard InChI is InChI=1S/C25H28N4O2/c1-16(2)14-15-29-18(4)21(22(26-25(29)30)19-8-6-5-7-9-19)24-27-23(28-31-24)20-12-10-17(3)11-13-20/h5-13,16,22H,14-15H2,1-4H3,(H,26,30). The summed E-state index contributed by atoms with van der Waals surface area (Å²) >= 11 is 0. The number of amides is 2. The van der Waals surface area contributed by atoms with Crippen molar-refractivity contribution in [3.8, 4) is 11.4 Å². The van der Waals surface area contributed by atoms with Gasteiger partial charge in [-0.2, -0.15) is 4.98 Å². The fraction of sp³-hybridized carbons (Fsp3) is 0.320. The topological polar surface area (TPSA) is 71.3 Å². The van der Waals surface area contributed by atoms with Crippen LogP contribution in [-0.2, 0) is 0 Å². The van der Waals surface area contributed by atoms with Gasteiger partial charge in [0.25, 0.3) is 5.89 Å². The van der Waals surface area contributed by atoms with Crippen molar-refractivity contribution in [2.45, 2.75) is 40.2 Å². The maximum absolute atomic E-state index is 13.0. The van der Waals surface area contributed by atoms with Gasteiger partial charge in [0, 0.05) is 17.8 Å². The lowest BCUT2D eigenvalue weighted by molar-refractivity contribution is 0.202. The molecule has 0 aliphatic carbocycles. The average Bonchev–Trinajstić information content (AvgIpc) is 3.23. The van der Waals surface area contributed by atoms with Gasteiger partial charge < -0.3 is 9.84 Å². The molecule has 0 saturated carbocycles. The number of hydrogen-bond acceptors (Lipinski definition) is 4. The van der Waals surface area contributed by atoms with E-state index < -0.39 is 0 Å². The Morgan fingerprint density at radius 3 is 2.45 bits per heavy atom. The molecule has 1 aliphatic heterocycles. The van der Waals surface area contributed by atoms with Crippen molar-refractivity contribution in [1.82, 2.24) is 20.4 Å². The Bertz CT molecular complexity index is 1080. The van der Waals surface area contributed by atoms with Crippen LogP contribution in [0.25, 0.3) is 17.0 Å². The van der Waals surface area contributed by atoms with Crippen molar-refractivity contribution in [2.75, 3.05) is 6.54 Å². The van der Waals surface area contributed by atoms with Crippen molar-refractivity contribution < 1.29 is 9.32 Å². The zero-order valence-electron chi connectivity index (χ0n) is 18.4. The Balaban J connectivity index is 1.77. The molecule has 1 aliphatic rings. The van der Waals surface area contributed by atoms with E-state index in [-0.39, 0.29) is 12.1 Å². The molecule has 1 atom stereocenters. The molecule has 1 unspecified atom stereocenters. The van der Waals surface area contributed by atoms with Crippen LogP contribution in [0.1, 0.15) is 50.3 Å². The third-order valence-electron chi connectivity index (χ3n) is 5.63. The lowest BCUT2D eigenvalue weighted by atomic mass is 9.94. The van der Waals surface area contributed by atoms with Crippen LogP contribution in [0.5, 0.6) is 0 Å². The van der Waals surface area contributed by atoms with E-state index >= 15 is 0 Å². The molecule has 4 rings (SSSR count). The van der Waals surface area contributed by atoms with Crippen LogP contribution >= 0.6 is 0 Å². The first-order valence-electron chi connectivity index (χ1n) is 10.7. The molecule has 0 fully saturated rings. The molecule has 0 saturated heterocycles. The van der Waals surface area contributed by atoms with Crippen molar-refractivity contribution in [1.29, 1.82) is 0 Å². The molecule has 2 heterocycles. The number of carbonyl (C=O) groups excluding carboxylic acids is 1. The van der Waals surface area contributed by atoms with Gasteiger partial charge in [0.15, 0.2) is 0 Å². The first kappa shape index (κ1) is 20.8. The zero-order chi connectivity index (χ0) is 22.0. The van der Waals surface area contributed by atoms with Crippen LogP contribution < -0.4 is 5.32 Å². The van der Waals surface area contributed by atoms with E-state index in [2.05, 4.69) is 24.3 Å². The number of nitrogens with zero attached hydrogens (tertiary/aromatic N) is 3. The first-order valence-corrected chi connectivity index (χ1v) is 10.7. The molecule has 6 nitrogen and oxygen atoms in total. The molecule has 6 heteroatoms. The third-order valence-corrected chi connectivity index (χ3v) is 5.63. The highest BCUT2D eigenvalue weighted by atomic mass is 16.5. The van der Waals surface area contributed by atoms with Gasteiger partial charge in [-0.3, -0.25) is 4.90 Å². The fourth-order valence-electron chi connectivity index (χ4n) is 3.76. The number of rotatable bonds is 6. The van der Waals surface area contributed by atoms with E-state index in [1.807, 2.05) is 68.4 Å². The van der Waals surface area contributed by atoms with Crippen molar-refractivity contribution in [3.63, 3.8) is 0 Å². The molecule has 1 aromatic heterocycles. The molecule has 2 amide bonds. The smallest absolute Gasteiger partial charge is 0.322 e. The number of benzene rings is 2. The van der Waals surface area contributed by atoms with Gasteiger partial charge in [-0.25, -0.2) is 4.79 Å². The minimum atomic E-state index is -0.352. The maximum Gasteiger partial charge on any atom is 0.322 e. The first-order chi connectivity index (χ1) is 14.9. The van der Waals surface area contributed by atoms with Gasteiger partial charge in [-0.15, -0.1) is 0 Å². The van der Waals surface area contributed by atoms with Gasteiger partial charge in [-0.1, -0.05) is 79.2 Å². The van der Waals surface area contributed by atoms with Crippen LogP contribution in [0.3, 0.4) is 0 Å². The summed E-state index contributed by atoms with van der Waals surface area (Å²) in [5, 5.41) is 7.36. The number of aryl methyl sites for hydroxylation is 1. The number of allylic oxidation sites excluding steroid dienone is 1. The molecule has 1 N–H and O–H groups in total. The molecular formula is C25H28N4O2. The van der Waals surface area contributed by atoms with Gasteiger partial charge in [0.1, 0.15) is 0 Å². The van der Waals surface area contributed by atoms with E-state index in [0.29, 0.717) is 24.2 Å². The number of nitrogens with one attached hydrogen (secondary N) is 1. The summed E-state index contributed by atoms with van der Waals surface area (Å²) < 4.78 is 5.72. The average molecular weight is 417 g/mol. The Hall–Kier alpha value is -3.41. The van der Waals surface area contributed by atoms with Gasteiger partial charge in [0.05, 0.1) is 11.6 Å². The predicted molar refractivity (Wildman–Crippen MR) is 121 cm³/mol. The quantitative estimate of drug-likeness (QED) is 0.569. The predicted octanol–water partition coefficient (Wildman–Crippen LogP) is 5.59. The molecule has 2 aromatic carbocycles. The Morgan fingerprint density at radius 1 is 1.06 bits per heavy atom. The number of aromatic nitrogens is 2. The molecule has 31 heavy (non-hydrogen) atoms. The van der Waals surface area contributed by atoms with E-state index in [9.17, 15) is 4.79 Å². The van der Waals surface area contributed by atoms with Gasteiger partial charge in [0.2, 0.25) is 5.82 Å². The van der Waals surface area contributed by atoms with Crippen molar-refractivity contribution >= 4 is 11.6 Å². The lowest BCUT2D eigenvalue weighted by Crippen LogP contribution is -2.46. The molecular weight excluding hydrogens is 388 g/mol. The van der Waals surface area contributed by atoms with E-state index in [1.54, 1.807) is 4.90 Å². The van der Waals surface area contributed by atoms with Crippen molar-refractivity contribution in [3.05, 3.63) is 77.3 Å². The summed E-state index contributed by atoms with van der Waals surface area (Å²) in [5.74, 6) is 1.46. The monoisotopic (exact) mass is 416 g/mol. The molecule has 160 valence electrons. The lowest BCUT2D eigenvalue weighted by Gasteiger charge is -2.35. The van der Waals surface area contributed by atoms with Crippen LogP contribution in [0.15, 0.2) is 64.8 Å². The summed E-state index contributed by atoms with van der Waals surface area (Å²) in [4.78, 5) is 19.4. The second kappa shape index (κ2) is 8.76. The second-order valence-corrected chi connectivity index (χ2v) is 8.42. The Morgan fingerprint density at radius 2 is 1.77 bits per heavy atom. The molecule has 0 radical (unpaired) electrons. The minimum absolute atomic E-state index is 0.103. The minimum Gasteiger partial charge on any atom is -0.334 e. The highest BCUT2D eigenvalue weighted by Crippen LogP contribution is 2.37. The fourth-order valence-corrected chi connectivity index (χ4v) is 3.76. The van der Waals surface area contributed by atoms with E-state index in [0.717, 1.165) is 28.8 Å². The Labute approximate surface area is 183 Å². The van der Waals surface area contributed by atoms with Crippen LogP contribution in [0.4, 0.5) is 4.79 Å². The molecule has 0 bridgehead atoms. The zero-order valence-corrected chi connectivity index (χ0v) is 18.4.